The number of nitrogens with zero attached hydrogens (tertiary/aromatic N) is 2. The lowest BCUT2D eigenvalue weighted by Gasteiger charge is -2.25. The van der Waals surface area contributed by atoms with Crippen LogP contribution in [0.15, 0.2) is 67.0 Å². The van der Waals surface area contributed by atoms with Gasteiger partial charge in [0.2, 0.25) is 5.91 Å². The molecule has 0 unspecified atom stereocenters. The van der Waals surface area contributed by atoms with Crippen LogP contribution in [0.25, 0.3) is 11.1 Å². The molecule has 5 nitrogen and oxygen atoms in total. The summed E-state index contributed by atoms with van der Waals surface area (Å²) < 4.78 is 0. The summed E-state index contributed by atoms with van der Waals surface area (Å²) in [5, 5.41) is 9.13. The van der Waals surface area contributed by atoms with Crippen LogP contribution in [0.1, 0.15) is 35.1 Å². The third kappa shape index (κ3) is 5.37. The van der Waals surface area contributed by atoms with Crippen LogP contribution in [0, 0.1) is 12.8 Å². The minimum Gasteiger partial charge on any atom is -0.481 e. The van der Waals surface area contributed by atoms with Gasteiger partial charge in [0.25, 0.3) is 0 Å². The van der Waals surface area contributed by atoms with E-state index in [0.717, 1.165) is 40.7 Å². The maximum absolute atomic E-state index is 13.1. The molecule has 2 aromatic carbocycles. The van der Waals surface area contributed by atoms with Gasteiger partial charge in [-0.2, -0.15) is 0 Å². The first-order valence-electron chi connectivity index (χ1n) is 10.6. The summed E-state index contributed by atoms with van der Waals surface area (Å²) in [6, 6.07) is 18.1. The summed E-state index contributed by atoms with van der Waals surface area (Å²) >= 11 is 0. The van der Waals surface area contributed by atoms with Crippen molar-refractivity contribution in [1.29, 1.82) is 0 Å². The molecule has 31 heavy (non-hydrogen) atoms. The zero-order valence-corrected chi connectivity index (χ0v) is 17.6. The van der Waals surface area contributed by atoms with E-state index in [4.69, 9.17) is 5.11 Å². The number of aryl methyl sites for hydroxylation is 1. The number of carboxylic acid groups (broad SMARTS) is 1. The third-order valence-corrected chi connectivity index (χ3v) is 5.54. The number of rotatable bonds is 8. The standard InChI is InChI=1S/C26H26N2O3/c1-18-7-10-24(22-12-20(13-25(29)30)14-27-15-22)23(11-18)17-28(26(31)21-8-9-21)16-19-5-3-2-4-6-19/h2-7,10-12,14-15,21H,8-9,13,16-17H2,1H3,(H,29,30). The van der Waals surface area contributed by atoms with Crippen molar-refractivity contribution in [3.05, 3.63) is 89.2 Å². The number of aliphatic carboxylic acids is 1. The van der Waals surface area contributed by atoms with Crippen molar-refractivity contribution in [2.75, 3.05) is 0 Å². The van der Waals surface area contributed by atoms with E-state index in [1.807, 2.05) is 60.4 Å². The molecule has 1 fully saturated rings. The minimum absolute atomic E-state index is 0.0671. The fourth-order valence-electron chi connectivity index (χ4n) is 3.85. The van der Waals surface area contributed by atoms with Gasteiger partial charge in [-0.1, -0.05) is 54.1 Å². The average Bonchev–Trinajstić information content (AvgIpc) is 3.59. The largest absolute Gasteiger partial charge is 0.481 e. The van der Waals surface area contributed by atoms with Crippen molar-refractivity contribution in [3.63, 3.8) is 0 Å². The van der Waals surface area contributed by atoms with Crippen LogP contribution in [0.5, 0.6) is 0 Å². The van der Waals surface area contributed by atoms with Crippen molar-refractivity contribution in [2.45, 2.75) is 39.3 Å². The van der Waals surface area contributed by atoms with Gasteiger partial charge in [0.15, 0.2) is 0 Å². The topological polar surface area (TPSA) is 70.5 Å². The lowest BCUT2D eigenvalue weighted by atomic mass is 9.97. The first kappa shape index (κ1) is 20.8. The molecule has 0 spiro atoms. The van der Waals surface area contributed by atoms with Gasteiger partial charge in [0, 0.05) is 37.0 Å². The molecule has 1 aliphatic rings. The van der Waals surface area contributed by atoms with Crippen LogP contribution < -0.4 is 0 Å². The second-order valence-electron chi connectivity index (χ2n) is 8.27. The Morgan fingerprint density at radius 2 is 1.77 bits per heavy atom. The number of carbonyl (C=O) groups excluding carboxylic acids is 1. The Morgan fingerprint density at radius 1 is 1.00 bits per heavy atom. The maximum Gasteiger partial charge on any atom is 0.307 e. The van der Waals surface area contributed by atoms with E-state index < -0.39 is 5.97 Å². The van der Waals surface area contributed by atoms with Crippen molar-refractivity contribution in [3.8, 4) is 11.1 Å². The highest BCUT2D eigenvalue weighted by molar-refractivity contribution is 5.81. The summed E-state index contributed by atoms with van der Waals surface area (Å²) in [5.74, 6) is -0.543. The lowest BCUT2D eigenvalue weighted by Crippen LogP contribution is -2.31. The average molecular weight is 415 g/mol. The molecule has 0 bridgehead atoms. The van der Waals surface area contributed by atoms with Gasteiger partial charge in [0.05, 0.1) is 6.42 Å². The van der Waals surface area contributed by atoms with E-state index >= 15 is 0 Å². The molecular formula is C26H26N2O3. The number of benzene rings is 2. The molecule has 5 heteroatoms. The molecule has 3 aromatic rings. The molecule has 1 heterocycles. The smallest absolute Gasteiger partial charge is 0.307 e. The normalized spacial score (nSPS) is 13.1. The highest BCUT2D eigenvalue weighted by Crippen LogP contribution is 2.33. The van der Waals surface area contributed by atoms with E-state index in [0.29, 0.717) is 18.7 Å². The molecular weight excluding hydrogens is 388 g/mol. The third-order valence-electron chi connectivity index (χ3n) is 5.54. The fourth-order valence-corrected chi connectivity index (χ4v) is 3.85. The Morgan fingerprint density at radius 3 is 2.48 bits per heavy atom. The molecule has 158 valence electrons. The Labute approximate surface area is 182 Å². The summed E-state index contributed by atoms with van der Waals surface area (Å²) in [4.78, 5) is 30.4. The summed E-state index contributed by atoms with van der Waals surface area (Å²) in [6.07, 6.45) is 5.20. The van der Waals surface area contributed by atoms with E-state index in [-0.39, 0.29) is 18.2 Å². The van der Waals surface area contributed by atoms with Crippen LogP contribution in [0.4, 0.5) is 0 Å². The van der Waals surface area contributed by atoms with Crippen LogP contribution in [0.3, 0.4) is 0 Å². The predicted octanol–water partition coefficient (Wildman–Crippen LogP) is 4.62. The van der Waals surface area contributed by atoms with Gasteiger partial charge in [-0.15, -0.1) is 0 Å². The van der Waals surface area contributed by atoms with Gasteiger partial charge in [-0.25, -0.2) is 0 Å². The molecule has 1 N–H and O–H groups in total. The van der Waals surface area contributed by atoms with Gasteiger partial charge >= 0.3 is 5.97 Å². The van der Waals surface area contributed by atoms with Crippen molar-refractivity contribution in [2.24, 2.45) is 5.92 Å². The van der Waals surface area contributed by atoms with Crippen molar-refractivity contribution < 1.29 is 14.7 Å². The van der Waals surface area contributed by atoms with Crippen LogP contribution in [-0.2, 0) is 29.1 Å². The molecule has 4 rings (SSSR count). The zero-order valence-electron chi connectivity index (χ0n) is 17.6. The second kappa shape index (κ2) is 9.13. The van der Waals surface area contributed by atoms with Crippen LogP contribution in [-0.4, -0.2) is 26.9 Å². The highest BCUT2D eigenvalue weighted by atomic mass is 16.4. The fraction of sp³-hybridized carbons (Fsp3) is 0.269. The SMILES string of the molecule is Cc1ccc(-c2cncc(CC(=O)O)c2)c(CN(Cc2ccccc2)C(=O)C2CC2)c1. The number of pyridine rings is 1. The molecule has 1 saturated carbocycles. The van der Waals surface area contributed by atoms with E-state index in [1.165, 1.54) is 0 Å². The molecule has 0 radical (unpaired) electrons. The van der Waals surface area contributed by atoms with Gasteiger partial charge in [0.1, 0.15) is 0 Å². The predicted molar refractivity (Wildman–Crippen MR) is 119 cm³/mol. The lowest BCUT2D eigenvalue weighted by molar-refractivity contribution is -0.136. The molecule has 0 saturated heterocycles. The van der Waals surface area contributed by atoms with Gasteiger partial charge < -0.3 is 10.0 Å². The Kier molecular flexibility index (Phi) is 6.12. The first-order chi connectivity index (χ1) is 15.0. The number of carbonyl (C=O) groups is 2. The molecule has 1 aromatic heterocycles. The summed E-state index contributed by atoms with van der Waals surface area (Å²) in [5.41, 5.74) is 5.77. The molecule has 1 aliphatic carbocycles. The number of hydrogen-bond donors (Lipinski definition) is 1. The molecule has 1 amide bonds. The van der Waals surface area contributed by atoms with Gasteiger partial charge in [-0.3, -0.25) is 14.6 Å². The summed E-state index contributed by atoms with van der Waals surface area (Å²) in [7, 11) is 0. The van der Waals surface area contributed by atoms with E-state index in [9.17, 15) is 9.59 Å². The van der Waals surface area contributed by atoms with Gasteiger partial charge in [-0.05, 0) is 48.1 Å². The van der Waals surface area contributed by atoms with Crippen molar-refractivity contribution >= 4 is 11.9 Å². The van der Waals surface area contributed by atoms with Crippen LogP contribution >= 0.6 is 0 Å². The first-order valence-corrected chi connectivity index (χ1v) is 10.6. The zero-order chi connectivity index (χ0) is 21.8. The Hall–Kier alpha value is -3.47. The number of aromatic nitrogens is 1. The monoisotopic (exact) mass is 414 g/mol. The Bertz CT molecular complexity index is 1090. The highest BCUT2D eigenvalue weighted by Gasteiger charge is 2.33. The number of hydrogen-bond acceptors (Lipinski definition) is 3. The molecule has 0 aliphatic heterocycles. The van der Waals surface area contributed by atoms with Crippen molar-refractivity contribution in [1.82, 2.24) is 9.88 Å². The van der Waals surface area contributed by atoms with E-state index in [2.05, 4.69) is 11.1 Å². The molecule has 0 atom stereocenters. The van der Waals surface area contributed by atoms with E-state index in [1.54, 1.807) is 12.4 Å². The minimum atomic E-state index is -0.882. The number of carboxylic acids is 1. The second-order valence-corrected chi connectivity index (χ2v) is 8.27. The van der Waals surface area contributed by atoms with Crippen LogP contribution in [0.2, 0.25) is 0 Å². The quantitative estimate of drug-likeness (QED) is 0.584. The number of amides is 1. The Balaban J connectivity index is 1.67. The summed E-state index contributed by atoms with van der Waals surface area (Å²) in [6.45, 7) is 3.11. The maximum atomic E-state index is 13.1.